The van der Waals surface area contributed by atoms with E-state index in [1.807, 2.05) is 4.90 Å². The lowest BCUT2D eigenvalue weighted by molar-refractivity contribution is -0.136. The number of amides is 2. The normalized spacial score (nSPS) is 26.6. The fourth-order valence-electron chi connectivity index (χ4n) is 4.88. The zero-order valence-electron chi connectivity index (χ0n) is 15.3. The first-order chi connectivity index (χ1) is 12.7. The molecule has 0 N–H and O–H groups in total. The molecule has 5 rings (SSSR count). The van der Waals surface area contributed by atoms with E-state index < -0.39 is 0 Å². The summed E-state index contributed by atoms with van der Waals surface area (Å²) in [4.78, 5) is 37.9. The molecular formula is C20H28N4O2. The molecule has 1 aliphatic carbocycles. The van der Waals surface area contributed by atoms with Gasteiger partial charge in [-0.1, -0.05) is 19.3 Å². The molecule has 3 saturated heterocycles. The number of fused-ring (bicyclic) bond motifs is 4. The van der Waals surface area contributed by atoms with E-state index in [9.17, 15) is 9.59 Å². The van der Waals surface area contributed by atoms with Crippen molar-refractivity contribution in [2.24, 2.45) is 11.8 Å². The lowest BCUT2D eigenvalue weighted by Gasteiger charge is -2.37. The molecular weight excluding hydrogens is 328 g/mol. The average molecular weight is 356 g/mol. The first kappa shape index (κ1) is 17.4. The van der Waals surface area contributed by atoms with Crippen molar-refractivity contribution in [3.05, 3.63) is 24.3 Å². The summed E-state index contributed by atoms with van der Waals surface area (Å²) < 4.78 is 0. The minimum Gasteiger partial charge on any atom is -0.338 e. The summed E-state index contributed by atoms with van der Waals surface area (Å²) in [6, 6.07) is 0.158. The van der Waals surface area contributed by atoms with Crippen LogP contribution < -0.4 is 0 Å². The van der Waals surface area contributed by atoms with Crippen molar-refractivity contribution in [3.63, 3.8) is 0 Å². The van der Waals surface area contributed by atoms with Gasteiger partial charge in [0.15, 0.2) is 0 Å². The summed E-state index contributed by atoms with van der Waals surface area (Å²) in [5.74, 6) is 1.19. The van der Waals surface area contributed by atoms with Crippen molar-refractivity contribution in [2.75, 3.05) is 19.6 Å². The molecule has 2 amide bonds. The van der Waals surface area contributed by atoms with E-state index in [0.29, 0.717) is 36.4 Å². The fraction of sp³-hybridized carbons (Fsp3) is 0.700. The third kappa shape index (κ3) is 3.74. The van der Waals surface area contributed by atoms with Gasteiger partial charge in [0.05, 0.1) is 6.20 Å². The summed E-state index contributed by atoms with van der Waals surface area (Å²) in [5.41, 5.74) is 0.397. The van der Waals surface area contributed by atoms with Gasteiger partial charge in [0.2, 0.25) is 5.91 Å². The zero-order chi connectivity index (χ0) is 17.9. The van der Waals surface area contributed by atoms with Crippen molar-refractivity contribution in [1.29, 1.82) is 0 Å². The van der Waals surface area contributed by atoms with Crippen LogP contribution in [0.2, 0.25) is 0 Å². The topological polar surface area (TPSA) is 66.4 Å². The van der Waals surface area contributed by atoms with Gasteiger partial charge < -0.3 is 9.80 Å². The maximum Gasteiger partial charge on any atom is 0.274 e. The Bertz CT molecular complexity index is 644. The van der Waals surface area contributed by atoms with Gasteiger partial charge in [-0.3, -0.25) is 14.6 Å². The Morgan fingerprint density at radius 2 is 1.85 bits per heavy atom. The number of hydrogen-bond donors (Lipinski definition) is 0. The van der Waals surface area contributed by atoms with Crippen LogP contribution in [0, 0.1) is 11.8 Å². The number of carbonyl (C=O) groups is 2. The van der Waals surface area contributed by atoms with Crippen molar-refractivity contribution in [1.82, 2.24) is 19.8 Å². The highest BCUT2D eigenvalue weighted by Gasteiger charge is 2.39. The van der Waals surface area contributed by atoms with Crippen LogP contribution in [0.4, 0.5) is 0 Å². The predicted molar refractivity (Wildman–Crippen MR) is 97.4 cm³/mol. The monoisotopic (exact) mass is 356 g/mol. The Hall–Kier alpha value is -1.98. The lowest BCUT2D eigenvalue weighted by Crippen LogP contribution is -2.48. The van der Waals surface area contributed by atoms with Crippen molar-refractivity contribution in [3.8, 4) is 0 Å². The molecule has 1 saturated carbocycles. The maximum absolute atomic E-state index is 13.0. The molecule has 0 radical (unpaired) electrons. The summed E-state index contributed by atoms with van der Waals surface area (Å²) in [5, 5.41) is 0. The van der Waals surface area contributed by atoms with Gasteiger partial charge in [-0.15, -0.1) is 0 Å². The summed E-state index contributed by atoms with van der Waals surface area (Å²) in [7, 11) is 0. The number of piperidine rings is 1. The molecule has 6 heteroatoms. The van der Waals surface area contributed by atoms with Crippen LogP contribution >= 0.6 is 0 Å². The Morgan fingerprint density at radius 1 is 1.00 bits per heavy atom. The molecule has 1 aromatic heterocycles. The van der Waals surface area contributed by atoms with Crippen molar-refractivity contribution >= 4 is 11.8 Å². The largest absolute Gasteiger partial charge is 0.338 e. The standard InChI is InChI=1S/C20H28N4O2/c25-19(10-15-4-2-1-3-5-15)24-13-16-6-7-17(24)14-23(12-16)20(26)18-11-21-8-9-22-18/h8-9,11,15-17H,1-7,10,12-14H2/t16-,17+/m1/s1. The highest BCUT2D eigenvalue weighted by Crippen LogP contribution is 2.32. The van der Waals surface area contributed by atoms with Crippen molar-refractivity contribution in [2.45, 2.75) is 57.4 Å². The van der Waals surface area contributed by atoms with E-state index in [4.69, 9.17) is 0 Å². The van der Waals surface area contributed by atoms with Crippen LogP contribution in [0.15, 0.2) is 18.6 Å². The third-order valence-electron chi connectivity index (χ3n) is 6.29. The molecule has 140 valence electrons. The van der Waals surface area contributed by atoms with E-state index >= 15 is 0 Å². The summed E-state index contributed by atoms with van der Waals surface area (Å²) in [6.07, 6.45) is 13.7. The zero-order valence-corrected chi connectivity index (χ0v) is 15.3. The highest BCUT2D eigenvalue weighted by atomic mass is 16.2. The Labute approximate surface area is 155 Å². The smallest absolute Gasteiger partial charge is 0.274 e. The second kappa shape index (κ2) is 7.72. The Balaban J connectivity index is 1.43. The van der Waals surface area contributed by atoms with Crippen LogP contribution in [0.5, 0.6) is 0 Å². The van der Waals surface area contributed by atoms with Crippen molar-refractivity contribution < 1.29 is 9.59 Å². The molecule has 6 nitrogen and oxygen atoms in total. The molecule has 1 aromatic rings. The number of aromatic nitrogens is 2. The minimum absolute atomic E-state index is 0.0587. The van der Waals surface area contributed by atoms with E-state index in [1.54, 1.807) is 12.4 Å². The van der Waals surface area contributed by atoms with E-state index in [1.165, 1.54) is 38.3 Å². The molecule has 0 unspecified atom stereocenters. The molecule has 4 fully saturated rings. The van der Waals surface area contributed by atoms with E-state index in [-0.39, 0.29) is 11.9 Å². The van der Waals surface area contributed by atoms with Gasteiger partial charge >= 0.3 is 0 Å². The van der Waals surface area contributed by atoms with E-state index in [0.717, 1.165) is 25.9 Å². The second-order valence-corrected chi connectivity index (χ2v) is 8.15. The molecule has 26 heavy (non-hydrogen) atoms. The molecule has 2 atom stereocenters. The molecule has 4 heterocycles. The molecule has 4 aliphatic rings. The molecule has 0 spiro atoms. The Kier molecular flexibility index (Phi) is 5.18. The number of carbonyl (C=O) groups excluding carboxylic acids is 2. The summed E-state index contributed by atoms with van der Waals surface area (Å²) in [6.45, 7) is 2.15. The number of hydrogen-bond acceptors (Lipinski definition) is 4. The van der Waals surface area contributed by atoms with Crippen LogP contribution in [0.3, 0.4) is 0 Å². The second-order valence-electron chi connectivity index (χ2n) is 8.15. The minimum atomic E-state index is -0.0587. The van der Waals surface area contributed by atoms with Crippen LogP contribution in [0.25, 0.3) is 0 Å². The first-order valence-electron chi connectivity index (χ1n) is 10.1. The summed E-state index contributed by atoms with van der Waals surface area (Å²) >= 11 is 0. The van der Waals surface area contributed by atoms with Gasteiger partial charge in [0, 0.05) is 44.5 Å². The number of nitrogens with zero attached hydrogens (tertiary/aromatic N) is 4. The lowest BCUT2D eigenvalue weighted by atomic mass is 9.86. The van der Waals surface area contributed by atoms with Crippen LogP contribution in [-0.4, -0.2) is 57.3 Å². The maximum atomic E-state index is 13.0. The van der Waals surface area contributed by atoms with Gasteiger partial charge in [-0.05, 0) is 37.5 Å². The highest BCUT2D eigenvalue weighted by molar-refractivity contribution is 5.92. The van der Waals surface area contributed by atoms with Gasteiger partial charge in [0.25, 0.3) is 5.91 Å². The van der Waals surface area contributed by atoms with Crippen LogP contribution in [-0.2, 0) is 4.79 Å². The predicted octanol–water partition coefficient (Wildman–Crippen LogP) is 2.51. The molecule has 0 aromatic carbocycles. The average Bonchev–Trinajstić information content (AvgIpc) is 3.01. The van der Waals surface area contributed by atoms with Gasteiger partial charge in [0.1, 0.15) is 5.69 Å². The fourth-order valence-corrected chi connectivity index (χ4v) is 4.88. The van der Waals surface area contributed by atoms with Gasteiger partial charge in [-0.25, -0.2) is 4.98 Å². The quantitative estimate of drug-likeness (QED) is 0.835. The number of rotatable bonds is 3. The first-order valence-corrected chi connectivity index (χ1v) is 10.1. The van der Waals surface area contributed by atoms with E-state index in [2.05, 4.69) is 14.9 Å². The molecule has 2 bridgehead atoms. The van der Waals surface area contributed by atoms with Gasteiger partial charge in [-0.2, -0.15) is 0 Å². The van der Waals surface area contributed by atoms with Crippen LogP contribution in [0.1, 0.15) is 61.9 Å². The SMILES string of the molecule is O=C(c1cnccn1)N1C[C@H]2CC[C@@H](C1)N(C(=O)CC1CCCCC1)C2. The Morgan fingerprint density at radius 3 is 2.62 bits per heavy atom. The third-order valence-corrected chi connectivity index (χ3v) is 6.29. The molecule has 3 aliphatic heterocycles.